The van der Waals surface area contributed by atoms with Crippen molar-refractivity contribution in [3.63, 3.8) is 0 Å². The number of ether oxygens (including phenoxy) is 2. The fraction of sp³-hybridized carbons (Fsp3) is 0.314. The number of hydrogen-bond donors (Lipinski definition) is 1. The maximum absolute atomic E-state index is 14.2. The van der Waals surface area contributed by atoms with Gasteiger partial charge in [0, 0.05) is 30.1 Å². The van der Waals surface area contributed by atoms with Crippen molar-refractivity contribution < 1.29 is 24.0 Å². The molecule has 3 aromatic rings. The molecule has 2 unspecified atom stereocenters. The van der Waals surface area contributed by atoms with Gasteiger partial charge in [-0.3, -0.25) is 15.0 Å². The second-order valence-corrected chi connectivity index (χ2v) is 11.2. The van der Waals surface area contributed by atoms with Gasteiger partial charge in [-0.15, -0.1) is 0 Å². The average molecular weight is 596 g/mol. The molecule has 0 aliphatic carbocycles. The molecule has 1 fully saturated rings. The molecule has 2 aliphatic heterocycles. The van der Waals surface area contributed by atoms with E-state index in [0.29, 0.717) is 23.5 Å². The van der Waals surface area contributed by atoms with E-state index in [1.807, 2.05) is 60.7 Å². The number of nitrogens with zero attached hydrogens (tertiary/aromatic N) is 2. The quantitative estimate of drug-likeness (QED) is 0.164. The highest BCUT2D eigenvalue weighted by Gasteiger charge is 2.39. The molecule has 0 amide bonds. The fourth-order valence-electron chi connectivity index (χ4n) is 5.93. The lowest BCUT2D eigenvalue weighted by Crippen LogP contribution is -2.36. The van der Waals surface area contributed by atoms with E-state index in [4.69, 9.17) is 9.47 Å². The third-order valence-corrected chi connectivity index (χ3v) is 8.12. The third-order valence-electron chi connectivity index (χ3n) is 8.12. The molecule has 44 heavy (non-hydrogen) atoms. The second kappa shape index (κ2) is 14.1. The first kappa shape index (κ1) is 30.7. The summed E-state index contributed by atoms with van der Waals surface area (Å²) < 4.78 is 12.0. The Morgan fingerprint density at radius 2 is 1.52 bits per heavy atom. The lowest BCUT2D eigenvalue weighted by atomic mass is 9.80. The highest BCUT2D eigenvalue weighted by molar-refractivity contribution is 6.00. The Balaban J connectivity index is 1.50. The molecule has 0 radical (unpaired) electrons. The van der Waals surface area contributed by atoms with Crippen LogP contribution in [-0.2, 0) is 25.7 Å². The molecule has 5 rings (SSSR count). The number of hydrogen-bond acceptors (Lipinski definition) is 8. The summed E-state index contributed by atoms with van der Waals surface area (Å²) in [6.45, 7) is 5.92. The van der Waals surface area contributed by atoms with Crippen LogP contribution in [0.25, 0.3) is 0 Å². The van der Waals surface area contributed by atoms with Gasteiger partial charge in [-0.25, -0.2) is 9.59 Å². The van der Waals surface area contributed by atoms with Crippen molar-refractivity contribution >= 4 is 17.6 Å². The van der Waals surface area contributed by atoms with Crippen LogP contribution in [0.4, 0.5) is 5.69 Å². The Morgan fingerprint density at radius 1 is 0.886 bits per heavy atom. The number of rotatable bonds is 10. The average Bonchev–Trinajstić information content (AvgIpc) is 3.04. The van der Waals surface area contributed by atoms with Gasteiger partial charge in [-0.1, -0.05) is 79.2 Å². The lowest BCUT2D eigenvalue weighted by molar-refractivity contribution is -0.384. The zero-order chi connectivity index (χ0) is 31.1. The largest absolute Gasteiger partial charge is 0.457 e. The molecule has 0 aromatic heterocycles. The number of benzene rings is 3. The fourth-order valence-corrected chi connectivity index (χ4v) is 5.93. The number of esters is 2. The van der Waals surface area contributed by atoms with Gasteiger partial charge >= 0.3 is 11.9 Å². The van der Waals surface area contributed by atoms with Crippen molar-refractivity contribution in [3.05, 3.63) is 134 Å². The van der Waals surface area contributed by atoms with Crippen molar-refractivity contribution in [1.29, 1.82) is 0 Å². The molecule has 2 heterocycles. The van der Waals surface area contributed by atoms with E-state index in [9.17, 15) is 19.7 Å². The van der Waals surface area contributed by atoms with Gasteiger partial charge in [0.25, 0.3) is 5.69 Å². The van der Waals surface area contributed by atoms with Gasteiger partial charge in [0.05, 0.1) is 22.0 Å². The van der Waals surface area contributed by atoms with Crippen molar-refractivity contribution in [2.45, 2.75) is 51.7 Å². The number of dihydropyridines is 1. The van der Waals surface area contributed by atoms with E-state index < -0.39 is 28.9 Å². The van der Waals surface area contributed by atoms with Gasteiger partial charge in [0.15, 0.2) is 0 Å². The number of carbonyl (C=O) groups excluding carboxylic acids is 2. The van der Waals surface area contributed by atoms with E-state index >= 15 is 0 Å². The number of nitro benzene ring substituents is 1. The van der Waals surface area contributed by atoms with Gasteiger partial charge in [0.2, 0.25) is 0 Å². The minimum Gasteiger partial charge on any atom is -0.457 e. The summed E-state index contributed by atoms with van der Waals surface area (Å²) in [6, 6.07) is 24.9. The van der Waals surface area contributed by atoms with Crippen LogP contribution >= 0.6 is 0 Å². The SMILES string of the molecule is CC1=C(C(=O)OCc2ccccc2)C(c2cccc([N+](=O)[O-])c2)C(C(=O)OC(CN2CCCCC2)c2ccccc2)=C(C)N1. The summed E-state index contributed by atoms with van der Waals surface area (Å²) in [5.74, 6) is -2.17. The molecule has 9 heteroatoms. The monoisotopic (exact) mass is 595 g/mol. The summed E-state index contributed by atoms with van der Waals surface area (Å²) in [5.41, 5.74) is 3.38. The van der Waals surface area contributed by atoms with Gasteiger partial charge in [0.1, 0.15) is 12.7 Å². The van der Waals surface area contributed by atoms with E-state index in [-0.39, 0.29) is 23.4 Å². The van der Waals surface area contributed by atoms with Crippen LogP contribution in [0.2, 0.25) is 0 Å². The minimum atomic E-state index is -0.946. The Bertz CT molecular complexity index is 1560. The van der Waals surface area contributed by atoms with Crippen LogP contribution in [0.1, 0.15) is 61.8 Å². The number of nitrogens with one attached hydrogen (secondary N) is 1. The highest BCUT2D eigenvalue weighted by Crippen LogP contribution is 2.41. The molecule has 2 atom stereocenters. The van der Waals surface area contributed by atoms with Crippen molar-refractivity contribution in [2.24, 2.45) is 0 Å². The summed E-state index contributed by atoms with van der Waals surface area (Å²) >= 11 is 0. The Hall–Kier alpha value is -4.76. The molecule has 1 saturated heterocycles. The van der Waals surface area contributed by atoms with Crippen LogP contribution in [0.15, 0.2) is 107 Å². The zero-order valence-corrected chi connectivity index (χ0v) is 25.0. The maximum Gasteiger partial charge on any atom is 0.337 e. The Morgan fingerprint density at radius 3 is 2.18 bits per heavy atom. The standard InChI is InChI=1S/C35H37N3O6/c1-24-31(34(39)43-23-26-13-6-3-7-14-26)33(28-17-12-18-29(21-28)38(41)42)32(25(2)36-24)35(40)44-30(27-15-8-4-9-16-27)22-37-19-10-5-11-20-37/h3-4,6-9,12-18,21,30,33,36H,5,10-11,19-20,22-23H2,1-2H3. The predicted molar refractivity (Wildman–Crippen MR) is 166 cm³/mol. The van der Waals surface area contributed by atoms with E-state index in [2.05, 4.69) is 10.2 Å². The number of allylic oxidation sites excluding steroid dienone is 2. The molecule has 3 aromatic carbocycles. The molecular formula is C35H37N3O6. The van der Waals surface area contributed by atoms with E-state index in [1.54, 1.807) is 26.0 Å². The van der Waals surface area contributed by atoms with E-state index in [0.717, 1.165) is 37.1 Å². The lowest BCUT2D eigenvalue weighted by Gasteiger charge is -2.33. The molecule has 0 bridgehead atoms. The third kappa shape index (κ3) is 7.23. The number of piperidine rings is 1. The van der Waals surface area contributed by atoms with Crippen LogP contribution in [0, 0.1) is 10.1 Å². The minimum absolute atomic E-state index is 0.0342. The summed E-state index contributed by atoms with van der Waals surface area (Å²) in [4.78, 5) is 41.5. The van der Waals surface area contributed by atoms with Crippen LogP contribution < -0.4 is 5.32 Å². The molecule has 228 valence electrons. The van der Waals surface area contributed by atoms with Crippen LogP contribution in [0.5, 0.6) is 0 Å². The van der Waals surface area contributed by atoms with Crippen molar-refractivity contribution in [2.75, 3.05) is 19.6 Å². The van der Waals surface area contributed by atoms with Crippen LogP contribution in [0.3, 0.4) is 0 Å². The number of nitro groups is 1. The number of likely N-dealkylation sites (tertiary alicyclic amines) is 1. The predicted octanol–water partition coefficient (Wildman–Crippen LogP) is 6.34. The smallest absolute Gasteiger partial charge is 0.337 e. The first-order valence-corrected chi connectivity index (χ1v) is 14.9. The molecule has 2 aliphatic rings. The second-order valence-electron chi connectivity index (χ2n) is 11.2. The maximum atomic E-state index is 14.2. The normalized spacial score (nSPS) is 17.9. The summed E-state index contributed by atoms with van der Waals surface area (Å²) in [5, 5.41) is 14.9. The highest BCUT2D eigenvalue weighted by atomic mass is 16.6. The molecule has 9 nitrogen and oxygen atoms in total. The summed E-state index contributed by atoms with van der Waals surface area (Å²) in [6.07, 6.45) is 2.83. The zero-order valence-electron chi connectivity index (χ0n) is 25.0. The number of non-ortho nitro benzene ring substituents is 1. The first-order valence-electron chi connectivity index (χ1n) is 14.9. The number of carbonyl (C=O) groups is 2. The Labute approximate surface area is 257 Å². The van der Waals surface area contributed by atoms with E-state index in [1.165, 1.54) is 18.6 Å². The topological polar surface area (TPSA) is 111 Å². The van der Waals surface area contributed by atoms with Crippen LogP contribution in [-0.4, -0.2) is 41.4 Å². The van der Waals surface area contributed by atoms with Crippen molar-refractivity contribution in [3.8, 4) is 0 Å². The Kier molecular flexibility index (Phi) is 9.86. The van der Waals surface area contributed by atoms with Gasteiger partial charge in [-0.05, 0) is 56.5 Å². The molecule has 0 saturated carbocycles. The summed E-state index contributed by atoms with van der Waals surface area (Å²) in [7, 11) is 0. The molecular weight excluding hydrogens is 558 g/mol. The first-order chi connectivity index (χ1) is 21.3. The van der Waals surface area contributed by atoms with Gasteiger partial charge < -0.3 is 14.8 Å². The molecule has 1 N–H and O–H groups in total. The molecule has 0 spiro atoms. The van der Waals surface area contributed by atoms with Gasteiger partial charge in [-0.2, -0.15) is 0 Å². The van der Waals surface area contributed by atoms with Crippen molar-refractivity contribution in [1.82, 2.24) is 10.2 Å².